The Kier molecular flexibility index (Phi) is 6.99. The SMILES string of the molecule is Cc1cc(C(=O)N2CCc3cc(S(=O)(=O)CCCCC(C)C)ccc32)n(NS(C)(=O)=O)n1. The fourth-order valence-electron chi connectivity index (χ4n) is 3.76. The Balaban J connectivity index is 1.80. The average molecular weight is 483 g/mol. The van der Waals surface area contributed by atoms with Crippen molar-refractivity contribution in [1.29, 1.82) is 0 Å². The molecule has 0 spiro atoms. The molecular formula is C21H30N4O5S2. The molecule has 9 nitrogen and oxygen atoms in total. The van der Waals surface area contributed by atoms with Crippen molar-refractivity contribution < 1.29 is 21.6 Å². The first kappa shape index (κ1) is 24.2. The summed E-state index contributed by atoms with van der Waals surface area (Å²) in [6.45, 7) is 6.27. The van der Waals surface area contributed by atoms with Crippen molar-refractivity contribution in [2.45, 2.75) is 51.3 Å². The molecule has 0 radical (unpaired) electrons. The van der Waals surface area contributed by atoms with Crippen molar-refractivity contribution in [3.05, 3.63) is 41.2 Å². The summed E-state index contributed by atoms with van der Waals surface area (Å²) in [6, 6.07) is 6.35. The summed E-state index contributed by atoms with van der Waals surface area (Å²) < 4.78 is 48.7. The second-order valence-electron chi connectivity index (χ2n) is 8.65. The average Bonchev–Trinajstić information content (AvgIpc) is 3.26. The zero-order valence-corrected chi connectivity index (χ0v) is 20.5. The number of amides is 1. The lowest BCUT2D eigenvalue weighted by Gasteiger charge is -2.18. The zero-order chi connectivity index (χ0) is 23.7. The van der Waals surface area contributed by atoms with E-state index in [0.29, 0.717) is 36.7 Å². The number of nitrogens with zero attached hydrogens (tertiary/aromatic N) is 3. The summed E-state index contributed by atoms with van der Waals surface area (Å²) >= 11 is 0. The molecule has 0 fully saturated rings. The Morgan fingerprint density at radius 2 is 1.88 bits per heavy atom. The molecule has 3 rings (SSSR count). The summed E-state index contributed by atoms with van der Waals surface area (Å²) in [6.07, 6.45) is 4.00. The highest BCUT2D eigenvalue weighted by Crippen LogP contribution is 2.32. The number of unbranched alkanes of at least 4 members (excludes halogenated alkanes) is 1. The lowest BCUT2D eigenvalue weighted by atomic mass is 10.1. The molecule has 1 N–H and O–H groups in total. The standard InChI is InChI=1S/C21H30N4O5S2/c1-15(2)7-5-6-12-32(29,30)18-8-9-19-17(14-18)10-11-24(19)21(26)20-13-16(3)22-25(20)23-31(4,27)28/h8-9,13-15,23H,5-7,10-12H2,1-4H3. The van der Waals surface area contributed by atoms with E-state index < -0.39 is 25.8 Å². The van der Waals surface area contributed by atoms with Crippen LogP contribution in [0.2, 0.25) is 0 Å². The number of hydrogen-bond donors (Lipinski definition) is 1. The van der Waals surface area contributed by atoms with Gasteiger partial charge in [0.2, 0.25) is 10.0 Å². The van der Waals surface area contributed by atoms with E-state index in [2.05, 4.69) is 23.8 Å². The molecule has 1 amide bonds. The van der Waals surface area contributed by atoms with Gasteiger partial charge >= 0.3 is 0 Å². The fraction of sp³-hybridized carbons (Fsp3) is 0.524. The normalized spacial score (nSPS) is 14.1. The molecule has 0 unspecified atom stereocenters. The minimum absolute atomic E-state index is 0.0858. The van der Waals surface area contributed by atoms with Crippen LogP contribution in [0.5, 0.6) is 0 Å². The van der Waals surface area contributed by atoms with Gasteiger partial charge in [-0.25, -0.2) is 21.7 Å². The van der Waals surface area contributed by atoms with Crippen molar-refractivity contribution in [3.63, 3.8) is 0 Å². The van der Waals surface area contributed by atoms with Crippen LogP contribution in [-0.4, -0.2) is 51.2 Å². The van der Waals surface area contributed by atoms with Gasteiger partial charge in [-0.1, -0.05) is 26.7 Å². The monoisotopic (exact) mass is 482 g/mol. The van der Waals surface area contributed by atoms with Gasteiger partial charge in [0.25, 0.3) is 5.91 Å². The summed E-state index contributed by atoms with van der Waals surface area (Å²) in [7, 11) is -7.02. The number of carbonyl (C=O) groups is 1. The molecule has 0 aliphatic carbocycles. The number of sulfone groups is 1. The first-order chi connectivity index (χ1) is 14.9. The summed E-state index contributed by atoms with van der Waals surface area (Å²) in [4.78, 5) is 18.1. The summed E-state index contributed by atoms with van der Waals surface area (Å²) in [5.74, 6) is 0.246. The van der Waals surface area contributed by atoms with Crippen molar-refractivity contribution in [2.24, 2.45) is 5.92 Å². The van der Waals surface area contributed by atoms with E-state index in [4.69, 9.17) is 0 Å². The van der Waals surface area contributed by atoms with E-state index in [1.165, 1.54) is 11.0 Å². The minimum Gasteiger partial charge on any atom is -0.306 e. The smallest absolute Gasteiger partial charge is 0.278 e. The molecule has 0 atom stereocenters. The maximum absolute atomic E-state index is 13.2. The van der Waals surface area contributed by atoms with Crippen LogP contribution in [0.15, 0.2) is 29.2 Å². The topological polar surface area (TPSA) is 118 Å². The first-order valence-electron chi connectivity index (χ1n) is 10.6. The molecule has 32 heavy (non-hydrogen) atoms. The van der Waals surface area contributed by atoms with Crippen LogP contribution in [0.4, 0.5) is 5.69 Å². The maximum atomic E-state index is 13.2. The molecule has 1 aromatic carbocycles. The van der Waals surface area contributed by atoms with Gasteiger partial charge < -0.3 is 4.90 Å². The van der Waals surface area contributed by atoms with E-state index in [1.807, 2.05) is 0 Å². The zero-order valence-electron chi connectivity index (χ0n) is 18.8. The van der Waals surface area contributed by atoms with Crippen LogP contribution in [0.3, 0.4) is 0 Å². The number of fused-ring (bicyclic) bond motifs is 1. The van der Waals surface area contributed by atoms with Crippen LogP contribution < -0.4 is 9.73 Å². The second-order valence-corrected chi connectivity index (χ2v) is 12.5. The molecule has 0 saturated carbocycles. The molecular weight excluding hydrogens is 452 g/mol. The van der Waals surface area contributed by atoms with E-state index in [9.17, 15) is 21.6 Å². The van der Waals surface area contributed by atoms with E-state index in [-0.39, 0.29) is 16.3 Å². The molecule has 1 aliphatic rings. The number of aromatic nitrogens is 2. The van der Waals surface area contributed by atoms with Gasteiger partial charge in [-0.05, 0) is 55.5 Å². The van der Waals surface area contributed by atoms with Gasteiger partial charge in [-0.15, -0.1) is 0 Å². The van der Waals surface area contributed by atoms with Gasteiger partial charge in [0.15, 0.2) is 15.5 Å². The third-order valence-corrected chi connectivity index (χ3v) is 7.60. The van der Waals surface area contributed by atoms with Crippen molar-refractivity contribution in [1.82, 2.24) is 9.89 Å². The number of benzene rings is 1. The molecule has 176 valence electrons. The number of rotatable bonds is 9. The summed E-state index contributed by atoms with van der Waals surface area (Å²) in [5.41, 5.74) is 1.98. The third kappa shape index (κ3) is 5.69. The van der Waals surface area contributed by atoms with Crippen LogP contribution in [0.25, 0.3) is 0 Å². The number of sulfonamides is 1. The molecule has 1 aliphatic heterocycles. The Bertz CT molecular complexity index is 1220. The van der Waals surface area contributed by atoms with Crippen LogP contribution >= 0.6 is 0 Å². The van der Waals surface area contributed by atoms with E-state index in [1.54, 1.807) is 25.1 Å². The number of anilines is 1. The van der Waals surface area contributed by atoms with Crippen molar-refractivity contribution in [2.75, 3.05) is 28.3 Å². The highest BCUT2D eigenvalue weighted by Gasteiger charge is 2.30. The predicted molar refractivity (Wildman–Crippen MR) is 124 cm³/mol. The lowest BCUT2D eigenvalue weighted by Crippen LogP contribution is -2.34. The van der Waals surface area contributed by atoms with Gasteiger partial charge in [0, 0.05) is 12.2 Å². The second kappa shape index (κ2) is 9.22. The van der Waals surface area contributed by atoms with Gasteiger partial charge in [-0.2, -0.15) is 9.89 Å². The largest absolute Gasteiger partial charge is 0.306 e. The Morgan fingerprint density at radius 3 is 2.53 bits per heavy atom. The van der Waals surface area contributed by atoms with Crippen LogP contribution in [0.1, 0.15) is 54.9 Å². The van der Waals surface area contributed by atoms with Gasteiger partial charge in [0.05, 0.1) is 22.6 Å². The van der Waals surface area contributed by atoms with Crippen molar-refractivity contribution >= 4 is 31.5 Å². The van der Waals surface area contributed by atoms with Crippen LogP contribution in [-0.2, 0) is 26.3 Å². The highest BCUT2D eigenvalue weighted by molar-refractivity contribution is 7.91. The van der Waals surface area contributed by atoms with E-state index >= 15 is 0 Å². The van der Waals surface area contributed by atoms with E-state index in [0.717, 1.165) is 29.5 Å². The molecule has 2 aromatic rings. The molecule has 0 bridgehead atoms. The van der Waals surface area contributed by atoms with Gasteiger partial charge in [-0.3, -0.25) is 4.79 Å². The number of aryl methyl sites for hydroxylation is 1. The summed E-state index contributed by atoms with van der Waals surface area (Å²) in [5, 5.41) is 4.04. The highest BCUT2D eigenvalue weighted by atomic mass is 32.2. The predicted octanol–water partition coefficient (Wildman–Crippen LogP) is 2.50. The molecule has 11 heteroatoms. The number of nitrogens with one attached hydrogen (secondary N) is 1. The Labute approximate surface area is 189 Å². The van der Waals surface area contributed by atoms with Gasteiger partial charge in [0.1, 0.15) is 0 Å². The van der Waals surface area contributed by atoms with Crippen molar-refractivity contribution in [3.8, 4) is 0 Å². The number of hydrogen-bond acceptors (Lipinski definition) is 6. The molecule has 0 saturated heterocycles. The Hall–Kier alpha value is -2.40. The lowest BCUT2D eigenvalue weighted by molar-refractivity contribution is 0.0981. The minimum atomic E-state index is -3.63. The number of carbonyl (C=O) groups excluding carboxylic acids is 1. The third-order valence-electron chi connectivity index (χ3n) is 5.30. The fourth-order valence-corrected chi connectivity index (χ4v) is 5.63. The molecule has 2 heterocycles. The quantitative estimate of drug-likeness (QED) is 0.549. The Morgan fingerprint density at radius 1 is 1.16 bits per heavy atom. The molecule has 1 aromatic heterocycles. The maximum Gasteiger partial charge on any atom is 0.278 e. The van der Waals surface area contributed by atoms with Crippen LogP contribution in [0, 0.1) is 12.8 Å². The first-order valence-corrected chi connectivity index (χ1v) is 14.1.